The average Bonchev–Trinajstić information content (AvgIpc) is 3.44. The summed E-state index contributed by atoms with van der Waals surface area (Å²) in [4.78, 5) is 10.1. The van der Waals surface area contributed by atoms with Gasteiger partial charge in [-0.3, -0.25) is 14.6 Å². The van der Waals surface area contributed by atoms with E-state index in [9.17, 15) is 0 Å². The summed E-state index contributed by atoms with van der Waals surface area (Å²) in [5.41, 5.74) is 3.95. The monoisotopic (exact) mass is 424 g/mol. The smallest absolute Gasteiger partial charge is 0.194 e. The number of aryl methyl sites for hydroxylation is 2. The van der Waals surface area contributed by atoms with Crippen LogP contribution in [0.15, 0.2) is 41.7 Å². The van der Waals surface area contributed by atoms with Crippen molar-refractivity contribution >= 4 is 5.96 Å². The van der Waals surface area contributed by atoms with Crippen molar-refractivity contribution in [2.45, 2.75) is 32.2 Å². The van der Waals surface area contributed by atoms with E-state index in [-0.39, 0.29) is 6.04 Å². The van der Waals surface area contributed by atoms with E-state index in [1.54, 1.807) is 0 Å². The fourth-order valence-electron chi connectivity index (χ4n) is 4.58. The number of hydrogen-bond acceptors (Lipinski definition) is 4. The molecule has 2 aliphatic heterocycles. The highest BCUT2D eigenvalue weighted by atomic mass is 16.5. The van der Waals surface area contributed by atoms with Gasteiger partial charge in [0.15, 0.2) is 5.96 Å². The number of ether oxygens (including phenoxy) is 1. The molecule has 2 aliphatic rings. The molecule has 0 amide bonds. The number of rotatable bonds is 6. The van der Waals surface area contributed by atoms with Gasteiger partial charge in [-0.25, -0.2) is 0 Å². The Kier molecular flexibility index (Phi) is 7.25. The van der Waals surface area contributed by atoms with Gasteiger partial charge in [-0.05, 0) is 31.4 Å². The largest absolute Gasteiger partial charge is 0.379 e. The van der Waals surface area contributed by atoms with Gasteiger partial charge in [0.25, 0.3) is 0 Å². The second-order valence-corrected chi connectivity index (χ2v) is 8.65. The summed E-state index contributed by atoms with van der Waals surface area (Å²) >= 11 is 0. The van der Waals surface area contributed by atoms with E-state index in [0.29, 0.717) is 5.92 Å². The van der Waals surface area contributed by atoms with Crippen molar-refractivity contribution in [1.29, 1.82) is 0 Å². The van der Waals surface area contributed by atoms with Crippen molar-refractivity contribution < 1.29 is 4.74 Å². The quantitative estimate of drug-likeness (QED) is 0.571. The van der Waals surface area contributed by atoms with Gasteiger partial charge in [0, 0.05) is 51.9 Å². The lowest BCUT2D eigenvalue weighted by molar-refractivity contribution is 0.0179. The third kappa shape index (κ3) is 5.46. The van der Waals surface area contributed by atoms with Crippen LogP contribution in [0, 0.1) is 6.92 Å². The molecule has 31 heavy (non-hydrogen) atoms. The first-order valence-corrected chi connectivity index (χ1v) is 11.5. The molecule has 0 saturated carbocycles. The molecule has 0 aliphatic carbocycles. The molecule has 1 aromatic heterocycles. The van der Waals surface area contributed by atoms with Gasteiger partial charge in [-0.1, -0.05) is 29.8 Å². The molecular weight excluding hydrogens is 388 g/mol. The molecular formula is C24H36N6O. The summed E-state index contributed by atoms with van der Waals surface area (Å²) in [7, 11) is 1.98. The van der Waals surface area contributed by atoms with E-state index in [1.807, 2.05) is 17.9 Å². The summed E-state index contributed by atoms with van der Waals surface area (Å²) in [5, 5.41) is 7.89. The number of hydrogen-bond donors (Lipinski definition) is 1. The van der Waals surface area contributed by atoms with E-state index < -0.39 is 0 Å². The lowest BCUT2D eigenvalue weighted by atomic mass is 10.0. The van der Waals surface area contributed by atoms with Crippen LogP contribution in [-0.2, 0) is 11.8 Å². The van der Waals surface area contributed by atoms with Gasteiger partial charge in [0.1, 0.15) is 0 Å². The highest BCUT2D eigenvalue weighted by Gasteiger charge is 2.28. The van der Waals surface area contributed by atoms with E-state index in [2.05, 4.69) is 64.5 Å². The molecule has 7 heteroatoms. The highest BCUT2D eigenvalue weighted by molar-refractivity contribution is 5.80. The first kappa shape index (κ1) is 21.8. The van der Waals surface area contributed by atoms with Crippen LogP contribution < -0.4 is 5.32 Å². The molecule has 2 unspecified atom stereocenters. The SMILES string of the molecule is CCNC(=NCC(c1ccc(C)cc1)N1CCOCC1)N1CCC(c2cnn(C)c2)C1. The molecule has 2 aromatic rings. The number of likely N-dealkylation sites (tertiary alicyclic amines) is 1. The molecule has 3 heterocycles. The lowest BCUT2D eigenvalue weighted by Crippen LogP contribution is -2.42. The molecule has 1 N–H and O–H groups in total. The van der Waals surface area contributed by atoms with E-state index in [4.69, 9.17) is 9.73 Å². The Morgan fingerprint density at radius 3 is 2.68 bits per heavy atom. The molecule has 0 bridgehead atoms. The fraction of sp³-hybridized carbons (Fsp3) is 0.583. The summed E-state index contributed by atoms with van der Waals surface area (Å²) in [5.74, 6) is 1.55. The maximum Gasteiger partial charge on any atom is 0.194 e. The third-order valence-corrected chi connectivity index (χ3v) is 6.38. The van der Waals surface area contributed by atoms with Gasteiger partial charge in [-0.2, -0.15) is 5.10 Å². The average molecular weight is 425 g/mol. The maximum atomic E-state index is 5.60. The number of benzene rings is 1. The van der Waals surface area contributed by atoms with Crippen molar-refractivity contribution in [3.63, 3.8) is 0 Å². The maximum absolute atomic E-state index is 5.60. The minimum absolute atomic E-state index is 0.273. The highest BCUT2D eigenvalue weighted by Crippen LogP contribution is 2.27. The van der Waals surface area contributed by atoms with E-state index in [0.717, 1.165) is 64.9 Å². The number of aromatic nitrogens is 2. The zero-order valence-electron chi connectivity index (χ0n) is 19.1. The molecule has 168 valence electrons. The fourth-order valence-corrected chi connectivity index (χ4v) is 4.58. The number of nitrogens with zero attached hydrogens (tertiary/aromatic N) is 5. The minimum atomic E-state index is 0.273. The van der Waals surface area contributed by atoms with Crippen LogP contribution in [0.2, 0.25) is 0 Å². The Morgan fingerprint density at radius 1 is 1.23 bits per heavy atom. The third-order valence-electron chi connectivity index (χ3n) is 6.38. The van der Waals surface area contributed by atoms with Crippen molar-refractivity contribution in [3.05, 3.63) is 53.3 Å². The van der Waals surface area contributed by atoms with Gasteiger partial charge in [0.05, 0.1) is 32.0 Å². The second-order valence-electron chi connectivity index (χ2n) is 8.65. The van der Waals surface area contributed by atoms with Crippen LogP contribution in [0.5, 0.6) is 0 Å². The first-order valence-electron chi connectivity index (χ1n) is 11.5. The van der Waals surface area contributed by atoms with Crippen LogP contribution in [0.4, 0.5) is 0 Å². The van der Waals surface area contributed by atoms with Crippen molar-refractivity contribution in [2.75, 3.05) is 52.5 Å². The van der Waals surface area contributed by atoms with Crippen molar-refractivity contribution in [3.8, 4) is 0 Å². The van der Waals surface area contributed by atoms with Crippen LogP contribution in [-0.4, -0.2) is 78.0 Å². The molecule has 4 rings (SSSR count). The Balaban J connectivity index is 1.50. The number of nitrogens with one attached hydrogen (secondary N) is 1. The normalized spacial score (nSPS) is 21.5. The lowest BCUT2D eigenvalue weighted by Gasteiger charge is -2.34. The number of morpholine rings is 1. The zero-order chi connectivity index (χ0) is 21.6. The Morgan fingerprint density at radius 2 is 2.00 bits per heavy atom. The van der Waals surface area contributed by atoms with Crippen LogP contribution in [0.1, 0.15) is 42.0 Å². The summed E-state index contributed by atoms with van der Waals surface area (Å²) < 4.78 is 7.50. The summed E-state index contributed by atoms with van der Waals surface area (Å²) in [6.07, 6.45) is 5.29. The minimum Gasteiger partial charge on any atom is -0.379 e. The number of guanidine groups is 1. The van der Waals surface area contributed by atoms with Crippen molar-refractivity contribution in [2.24, 2.45) is 12.0 Å². The topological polar surface area (TPSA) is 57.9 Å². The van der Waals surface area contributed by atoms with Gasteiger partial charge in [0.2, 0.25) is 0 Å². The zero-order valence-corrected chi connectivity index (χ0v) is 19.1. The summed E-state index contributed by atoms with van der Waals surface area (Å²) in [6, 6.07) is 9.20. The predicted octanol–water partition coefficient (Wildman–Crippen LogP) is 2.56. The predicted molar refractivity (Wildman–Crippen MR) is 124 cm³/mol. The Labute approximate surface area is 186 Å². The number of aliphatic imine (C=N–C) groups is 1. The second kappa shape index (κ2) is 10.3. The molecule has 2 fully saturated rings. The van der Waals surface area contributed by atoms with Gasteiger partial charge < -0.3 is 15.0 Å². The van der Waals surface area contributed by atoms with Gasteiger partial charge in [-0.15, -0.1) is 0 Å². The van der Waals surface area contributed by atoms with E-state index >= 15 is 0 Å². The molecule has 2 saturated heterocycles. The molecule has 0 radical (unpaired) electrons. The molecule has 1 aromatic carbocycles. The van der Waals surface area contributed by atoms with Gasteiger partial charge >= 0.3 is 0 Å². The Bertz CT molecular complexity index is 855. The molecule has 2 atom stereocenters. The van der Waals surface area contributed by atoms with Crippen LogP contribution in [0.3, 0.4) is 0 Å². The van der Waals surface area contributed by atoms with Crippen molar-refractivity contribution in [1.82, 2.24) is 24.9 Å². The Hall–Kier alpha value is -2.38. The van der Waals surface area contributed by atoms with Crippen LogP contribution in [0.25, 0.3) is 0 Å². The molecule has 7 nitrogen and oxygen atoms in total. The first-order chi connectivity index (χ1) is 15.1. The molecule has 0 spiro atoms. The summed E-state index contributed by atoms with van der Waals surface area (Å²) in [6.45, 7) is 11.4. The standard InChI is InChI=1S/C24H36N6O/c1-4-25-24(30-10-9-21(18-30)22-15-27-28(3)17-22)26-16-23(29-11-13-31-14-12-29)20-7-5-19(2)6-8-20/h5-8,15,17,21,23H,4,9-14,16,18H2,1-3H3,(H,25,26). The van der Waals surface area contributed by atoms with Crippen LogP contribution >= 0.6 is 0 Å². The van der Waals surface area contributed by atoms with E-state index in [1.165, 1.54) is 16.7 Å².